The Hall–Kier alpha value is -1.36. The first-order valence-corrected chi connectivity index (χ1v) is 6.76. The Morgan fingerprint density at radius 3 is 3.18 bits per heavy atom. The standard InChI is InChI=1S/C12H14N2O2S/c1-7-4-9(6-17-7)13-8-2-3-11-10(5-8)14-12(15)16-11/h2-3,5,7,9,13H,4,6H2,1H3,(H,14,15). The zero-order valence-electron chi connectivity index (χ0n) is 9.53. The molecule has 2 unspecified atom stereocenters. The Labute approximate surface area is 103 Å². The molecule has 0 aliphatic carbocycles. The second kappa shape index (κ2) is 4.14. The number of thioether (sulfide) groups is 1. The average molecular weight is 250 g/mol. The normalized spacial score (nSPS) is 24.3. The molecule has 2 N–H and O–H groups in total. The molecule has 1 aromatic carbocycles. The van der Waals surface area contributed by atoms with Gasteiger partial charge in [-0.25, -0.2) is 4.79 Å². The lowest BCUT2D eigenvalue weighted by atomic mass is 10.2. The zero-order valence-corrected chi connectivity index (χ0v) is 10.3. The number of H-pyrrole nitrogens is 1. The van der Waals surface area contributed by atoms with Crippen LogP contribution in [0.3, 0.4) is 0 Å². The van der Waals surface area contributed by atoms with Crippen molar-refractivity contribution in [2.45, 2.75) is 24.6 Å². The van der Waals surface area contributed by atoms with Gasteiger partial charge < -0.3 is 9.73 Å². The Balaban J connectivity index is 1.83. The molecule has 0 amide bonds. The molecular weight excluding hydrogens is 236 g/mol. The van der Waals surface area contributed by atoms with Crippen LogP contribution >= 0.6 is 11.8 Å². The van der Waals surface area contributed by atoms with Gasteiger partial charge in [-0.1, -0.05) is 6.92 Å². The van der Waals surface area contributed by atoms with E-state index < -0.39 is 5.76 Å². The number of aromatic nitrogens is 1. The van der Waals surface area contributed by atoms with Crippen LogP contribution in [0.5, 0.6) is 0 Å². The third-order valence-corrected chi connectivity index (χ3v) is 4.34. The molecule has 1 aliphatic heterocycles. The average Bonchev–Trinajstić information content (AvgIpc) is 2.83. The van der Waals surface area contributed by atoms with E-state index in [1.165, 1.54) is 6.42 Å². The molecule has 1 fully saturated rings. The van der Waals surface area contributed by atoms with E-state index in [0.717, 1.165) is 22.2 Å². The predicted octanol–water partition coefficient (Wildman–Crippen LogP) is 2.43. The molecule has 2 atom stereocenters. The van der Waals surface area contributed by atoms with Crippen molar-refractivity contribution in [3.05, 3.63) is 28.7 Å². The van der Waals surface area contributed by atoms with E-state index >= 15 is 0 Å². The fourth-order valence-corrected chi connectivity index (χ4v) is 3.34. The fourth-order valence-electron chi connectivity index (χ4n) is 2.20. The second-order valence-corrected chi connectivity index (χ2v) is 5.92. The second-order valence-electron chi connectivity index (χ2n) is 4.45. The molecule has 0 spiro atoms. The SMILES string of the molecule is CC1CC(Nc2ccc3oc(=O)[nH]c3c2)CS1. The van der Waals surface area contributed by atoms with Crippen molar-refractivity contribution in [3.63, 3.8) is 0 Å². The smallest absolute Gasteiger partial charge is 0.408 e. The highest BCUT2D eigenvalue weighted by molar-refractivity contribution is 8.00. The Morgan fingerprint density at radius 2 is 2.41 bits per heavy atom. The maximum atomic E-state index is 11.0. The monoisotopic (exact) mass is 250 g/mol. The highest BCUT2D eigenvalue weighted by Gasteiger charge is 2.21. The van der Waals surface area contributed by atoms with Gasteiger partial charge in [0.15, 0.2) is 5.58 Å². The topological polar surface area (TPSA) is 58.0 Å². The quantitative estimate of drug-likeness (QED) is 0.859. The summed E-state index contributed by atoms with van der Waals surface area (Å²) in [6.45, 7) is 2.25. The molecule has 3 rings (SSSR count). The lowest BCUT2D eigenvalue weighted by molar-refractivity contribution is 0.555. The summed E-state index contributed by atoms with van der Waals surface area (Å²) in [5.74, 6) is 0.739. The first-order valence-electron chi connectivity index (χ1n) is 5.72. The van der Waals surface area contributed by atoms with E-state index in [1.807, 2.05) is 30.0 Å². The van der Waals surface area contributed by atoms with Gasteiger partial charge in [0, 0.05) is 22.7 Å². The maximum Gasteiger partial charge on any atom is 0.417 e. The molecular formula is C12H14N2O2S. The summed E-state index contributed by atoms with van der Waals surface area (Å²) in [6, 6.07) is 6.22. The van der Waals surface area contributed by atoms with Gasteiger partial charge >= 0.3 is 5.76 Å². The molecule has 4 nitrogen and oxygen atoms in total. The number of fused-ring (bicyclic) bond motifs is 1. The molecule has 0 radical (unpaired) electrons. The van der Waals surface area contributed by atoms with Crippen LogP contribution in [0.25, 0.3) is 11.1 Å². The maximum absolute atomic E-state index is 11.0. The van der Waals surface area contributed by atoms with E-state index in [-0.39, 0.29) is 0 Å². The minimum atomic E-state index is -0.401. The summed E-state index contributed by atoms with van der Waals surface area (Å²) >= 11 is 1.99. The number of aromatic amines is 1. The van der Waals surface area contributed by atoms with Gasteiger partial charge in [0.25, 0.3) is 0 Å². The molecule has 0 bridgehead atoms. The molecule has 2 heterocycles. The summed E-state index contributed by atoms with van der Waals surface area (Å²) < 4.78 is 4.97. The molecule has 1 aliphatic rings. The number of nitrogens with one attached hydrogen (secondary N) is 2. The Bertz CT molecular complexity index is 589. The van der Waals surface area contributed by atoms with Gasteiger partial charge in [-0.2, -0.15) is 11.8 Å². The van der Waals surface area contributed by atoms with E-state index in [4.69, 9.17) is 4.42 Å². The van der Waals surface area contributed by atoms with E-state index in [9.17, 15) is 4.79 Å². The lowest BCUT2D eigenvalue weighted by Crippen LogP contribution is -2.18. The Morgan fingerprint density at radius 1 is 1.53 bits per heavy atom. The highest BCUT2D eigenvalue weighted by Crippen LogP contribution is 2.28. The molecule has 0 saturated carbocycles. The van der Waals surface area contributed by atoms with Crippen molar-refractivity contribution >= 4 is 28.5 Å². The van der Waals surface area contributed by atoms with Gasteiger partial charge in [-0.3, -0.25) is 4.98 Å². The van der Waals surface area contributed by atoms with Gasteiger partial charge in [0.05, 0.1) is 5.52 Å². The molecule has 5 heteroatoms. The highest BCUT2D eigenvalue weighted by atomic mass is 32.2. The van der Waals surface area contributed by atoms with Crippen molar-refractivity contribution in [2.24, 2.45) is 0 Å². The van der Waals surface area contributed by atoms with Crippen molar-refractivity contribution in [1.82, 2.24) is 4.98 Å². The molecule has 1 aromatic heterocycles. The number of benzene rings is 1. The molecule has 90 valence electrons. The van der Waals surface area contributed by atoms with Crippen LogP contribution in [0.4, 0.5) is 5.69 Å². The van der Waals surface area contributed by atoms with Crippen molar-refractivity contribution in [3.8, 4) is 0 Å². The number of hydrogen-bond donors (Lipinski definition) is 2. The van der Waals surface area contributed by atoms with Crippen LogP contribution in [-0.2, 0) is 0 Å². The number of oxazole rings is 1. The van der Waals surface area contributed by atoms with Crippen LogP contribution < -0.4 is 11.1 Å². The lowest BCUT2D eigenvalue weighted by Gasteiger charge is -2.12. The predicted molar refractivity (Wildman–Crippen MR) is 70.8 cm³/mol. The van der Waals surface area contributed by atoms with Gasteiger partial charge in [-0.15, -0.1) is 0 Å². The van der Waals surface area contributed by atoms with E-state index in [2.05, 4.69) is 17.2 Å². The summed E-state index contributed by atoms with van der Waals surface area (Å²) in [5, 5.41) is 4.21. The molecule has 17 heavy (non-hydrogen) atoms. The van der Waals surface area contributed by atoms with Gasteiger partial charge in [0.1, 0.15) is 0 Å². The molecule has 1 saturated heterocycles. The summed E-state index contributed by atoms with van der Waals surface area (Å²) in [6.07, 6.45) is 1.19. The van der Waals surface area contributed by atoms with Crippen molar-refractivity contribution in [1.29, 1.82) is 0 Å². The van der Waals surface area contributed by atoms with Gasteiger partial charge in [-0.05, 0) is 24.6 Å². The van der Waals surface area contributed by atoms with Crippen LogP contribution in [0.15, 0.2) is 27.4 Å². The van der Waals surface area contributed by atoms with Crippen molar-refractivity contribution < 1.29 is 4.42 Å². The van der Waals surface area contributed by atoms with E-state index in [1.54, 1.807) is 0 Å². The Kier molecular flexibility index (Phi) is 2.63. The number of anilines is 1. The summed E-state index contributed by atoms with van der Waals surface area (Å²) in [5.41, 5.74) is 2.39. The van der Waals surface area contributed by atoms with Crippen LogP contribution in [-0.4, -0.2) is 22.0 Å². The largest absolute Gasteiger partial charge is 0.417 e. The van der Waals surface area contributed by atoms with Crippen LogP contribution in [0, 0.1) is 0 Å². The minimum absolute atomic E-state index is 0.401. The first kappa shape index (κ1) is 10.8. The molecule has 2 aromatic rings. The van der Waals surface area contributed by atoms with Crippen LogP contribution in [0.2, 0.25) is 0 Å². The zero-order chi connectivity index (χ0) is 11.8. The number of rotatable bonds is 2. The first-order chi connectivity index (χ1) is 8.20. The van der Waals surface area contributed by atoms with Crippen LogP contribution in [0.1, 0.15) is 13.3 Å². The fraction of sp³-hybridized carbons (Fsp3) is 0.417. The van der Waals surface area contributed by atoms with E-state index in [0.29, 0.717) is 11.6 Å². The third kappa shape index (κ3) is 2.20. The minimum Gasteiger partial charge on any atom is -0.408 e. The third-order valence-electron chi connectivity index (χ3n) is 2.99. The summed E-state index contributed by atoms with van der Waals surface area (Å²) in [4.78, 5) is 13.7. The number of hydrogen-bond acceptors (Lipinski definition) is 4. The summed E-state index contributed by atoms with van der Waals surface area (Å²) in [7, 11) is 0. The van der Waals surface area contributed by atoms with Crippen molar-refractivity contribution in [2.75, 3.05) is 11.1 Å². The van der Waals surface area contributed by atoms with Gasteiger partial charge in [0.2, 0.25) is 0 Å².